The van der Waals surface area contributed by atoms with Crippen LogP contribution in [0.3, 0.4) is 0 Å². The smallest absolute Gasteiger partial charge is 0.333 e. The zero-order valence-corrected chi connectivity index (χ0v) is 27.5. The van der Waals surface area contributed by atoms with Crippen LogP contribution in [0, 0.1) is 12.7 Å². The van der Waals surface area contributed by atoms with Gasteiger partial charge in [0.25, 0.3) is 0 Å². The number of methoxy groups -OCH3 is 2. The highest BCUT2D eigenvalue weighted by atomic mass is 28.4. The summed E-state index contributed by atoms with van der Waals surface area (Å²) in [6.45, 7) is 12.4. The molecule has 0 fully saturated rings. The van der Waals surface area contributed by atoms with E-state index in [0.29, 0.717) is 46.3 Å². The lowest BCUT2D eigenvalue weighted by Crippen LogP contribution is -2.46. The predicted octanol–water partition coefficient (Wildman–Crippen LogP) is 5.10. The molecule has 44 heavy (non-hydrogen) atoms. The van der Waals surface area contributed by atoms with E-state index < -0.39 is 26.2 Å². The van der Waals surface area contributed by atoms with Crippen LogP contribution in [0.5, 0.6) is 5.88 Å². The number of pyridine rings is 1. The number of benzene rings is 1. The van der Waals surface area contributed by atoms with Crippen LogP contribution in [0.4, 0.5) is 10.3 Å². The van der Waals surface area contributed by atoms with Gasteiger partial charge in [0.1, 0.15) is 18.5 Å². The molecule has 0 saturated carbocycles. The van der Waals surface area contributed by atoms with Crippen molar-refractivity contribution >= 4 is 26.1 Å². The van der Waals surface area contributed by atoms with Crippen LogP contribution >= 0.6 is 0 Å². The fourth-order valence-electron chi connectivity index (χ4n) is 4.74. The highest BCUT2D eigenvalue weighted by Gasteiger charge is 2.41. The summed E-state index contributed by atoms with van der Waals surface area (Å²) in [6, 6.07) is 9.49. The third-order valence-corrected chi connectivity index (χ3v) is 12.5. The summed E-state index contributed by atoms with van der Waals surface area (Å²) in [5.41, 5.74) is 9.90. The van der Waals surface area contributed by atoms with Gasteiger partial charge < -0.3 is 29.8 Å². The zero-order valence-electron chi connectivity index (χ0n) is 26.5. The van der Waals surface area contributed by atoms with E-state index in [1.165, 1.54) is 26.4 Å². The standard InChI is InChI=1S/C31H41FN6O5Si/c1-18-27-24(37-30(33)34-18)17-23(20-13-12-19(32)16-21(20)22-10-9-11-26(35-22)40-5)36-28(27)38-42-15-14-25(29(39)41-6)43-44(7,8)31(2,3)4/h9-13,16,23,25H,14-15,17H2,1-8H3,(H,36,38)(H2,33,34,37). The number of carbonyl (C=O) groups is 1. The van der Waals surface area contributed by atoms with E-state index in [4.69, 9.17) is 24.5 Å². The van der Waals surface area contributed by atoms with Crippen LogP contribution in [-0.4, -0.2) is 62.0 Å². The van der Waals surface area contributed by atoms with Crippen molar-refractivity contribution in [3.05, 3.63) is 64.7 Å². The van der Waals surface area contributed by atoms with Crippen LogP contribution in [0.25, 0.3) is 11.3 Å². The maximum atomic E-state index is 14.5. The van der Waals surface area contributed by atoms with E-state index in [9.17, 15) is 9.18 Å². The molecule has 0 amide bonds. The second-order valence-electron chi connectivity index (χ2n) is 12.1. The Bertz CT molecular complexity index is 1540. The van der Waals surface area contributed by atoms with E-state index in [0.717, 1.165) is 5.56 Å². The van der Waals surface area contributed by atoms with E-state index >= 15 is 0 Å². The van der Waals surface area contributed by atoms with Gasteiger partial charge in [0.2, 0.25) is 11.8 Å². The third kappa shape index (κ3) is 7.33. The Kier molecular flexibility index (Phi) is 9.89. The molecule has 236 valence electrons. The Labute approximate surface area is 258 Å². The number of amidine groups is 1. The number of nitrogens with zero attached hydrogens (tertiary/aromatic N) is 4. The molecule has 4 rings (SSSR count). The molecule has 1 aliphatic heterocycles. The Balaban J connectivity index is 1.64. The second-order valence-corrected chi connectivity index (χ2v) is 16.9. The first-order valence-corrected chi connectivity index (χ1v) is 17.3. The number of hydrogen-bond acceptors (Lipinski definition) is 10. The van der Waals surface area contributed by atoms with Crippen molar-refractivity contribution in [1.82, 2.24) is 20.3 Å². The molecule has 0 saturated heterocycles. The molecule has 3 aromatic rings. The number of halogens is 1. The molecule has 11 nitrogen and oxygen atoms in total. The van der Waals surface area contributed by atoms with E-state index in [2.05, 4.69) is 59.3 Å². The highest BCUT2D eigenvalue weighted by molar-refractivity contribution is 6.74. The minimum atomic E-state index is -2.26. The lowest BCUT2D eigenvalue weighted by atomic mass is 9.90. The number of aryl methyl sites for hydroxylation is 1. The molecule has 2 atom stereocenters. The van der Waals surface area contributed by atoms with Gasteiger partial charge in [-0.05, 0) is 48.8 Å². The van der Waals surface area contributed by atoms with Crippen molar-refractivity contribution in [2.24, 2.45) is 5.16 Å². The lowest BCUT2D eigenvalue weighted by Gasteiger charge is -2.38. The number of fused-ring (bicyclic) bond motifs is 1. The van der Waals surface area contributed by atoms with Gasteiger partial charge in [-0.1, -0.05) is 38.1 Å². The van der Waals surface area contributed by atoms with Gasteiger partial charge >= 0.3 is 5.97 Å². The summed E-state index contributed by atoms with van der Waals surface area (Å²) in [6.07, 6.45) is -0.120. The summed E-state index contributed by atoms with van der Waals surface area (Å²) in [7, 11) is 0.606. The number of nitrogens with one attached hydrogen (secondary N) is 1. The van der Waals surface area contributed by atoms with Gasteiger partial charge in [-0.25, -0.2) is 24.1 Å². The molecule has 2 aromatic heterocycles. The number of esters is 1. The summed E-state index contributed by atoms with van der Waals surface area (Å²) >= 11 is 0. The summed E-state index contributed by atoms with van der Waals surface area (Å²) in [5.74, 6) is 0.0859. The van der Waals surface area contributed by atoms with E-state index in [-0.39, 0.29) is 30.1 Å². The van der Waals surface area contributed by atoms with Crippen LogP contribution in [0.15, 0.2) is 41.6 Å². The Hall–Kier alpha value is -4.10. The summed E-state index contributed by atoms with van der Waals surface area (Å²) < 4.78 is 31.2. The number of nitrogens with two attached hydrogens (primary N) is 1. The van der Waals surface area contributed by atoms with Crippen LogP contribution in [0.1, 0.15) is 55.7 Å². The lowest BCUT2D eigenvalue weighted by molar-refractivity contribution is -0.150. The van der Waals surface area contributed by atoms with Gasteiger partial charge in [0.05, 0.1) is 42.9 Å². The van der Waals surface area contributed by atoms with Crippen LogP contribution in [-0.2, 0) is 25.2 Å². The fraction of sp³-hybridized carbons (Fsp3) is 0.452. The number of rotatable bonds is 10. The van der Waals surface area contributed by atoms with Gasteiger partial charge in [-0.3, -0.25) is 0 Å². The number of hydrogen-bond donors (Lipinski definition) is 2. The molecule has 2 unspecified atom stereocenters. The molecule has 0 aliphatic carbocycles. The molecule has 3 heterocycles. The molecule has 0 spiro atoms. The molecule has 3 N–H and O–H groups in total. The Morgan fingerprint density at radius 3 is 2.61 bits per heavy atom. The van der Waals surface area contributed by atoms with Crippen LogP contribution in [0.2, 0.25) is 18.1 Å². The number of nitrogen functional groups attached to an aromatic ring is 1. The third-order valence-electron chi connectivity index (χ3n) is 8.06. The average molecular weight is 625 g/mol. The Morgan fingerprint density at radius 2 is 1.93 bits per heavy atom. The minimum absolute atomic E-state index is 0.0873. The first kappa shape index (κ1) is 32.8. The van der Waals surface area contributed by atoms with Gasteiger partial charge in [0.15, 0.2) is 14.2 Å². The van der Waals surface area contributed by atoms with Crippen molar-refractivity contribution < 1.29 is 27.9 Å². The minimum Gasteiger partial charge on any atom is -0.481 e. The van der Waals surface area contributed by atoms with Crippen molar-refractivity contribution in [1.29, 1.82) is 0 Å². The monoisotopic (exact) mass is 624 g/mol. The molecular weight excluding hydrogens is 583 g/mol. The molecular formula is C31H41FN6O5Si. The SMILES string of the molecule is COC(=O)C(CCON=C1NC(c2ccc(F)cc2-c2cccc(OC)n2)Cc2nc(N)nc(C)c21)O[Si](C)(C)C(C)(C)C. The first-order chi connectivity index (χ1) is 20.7. The molecule has 1 aliphatic rings. The largest absolute Gasteiger partial charge is 0.481 e. The number of ether oxygens (including phenoxy) is 2. The summed E-state index contributed by atoms with van der Waals surface area (Å²) in [5, 5.41) is 7.76. The van der Waals surface area contributed by atoms with Crippen molar-refractivity contribution in [2.75, 3.05) is 26.6 Å². The van der Waals surface area contributed by atoms with Gasteiger partial charge in [-0.15, -0.1) is 0 Å². The first-order valence-electron chi connectivity index (χ1n) is 14.4. The van der Waals surface area contributed by atoms with Crippen molar-refractivity contribution in [3.63, 3.8) is 0 Å². The van der Waals surface area contributed by atoms with E-state index in [1.54, 1.807) is 24.3 Å². The zero-order chi connectivity index (χ0) is 32.2. The molecule has 13 heteroatoms. The predicted molar refractivity (Wildman–Crippen MR) is 168 cm³/mol. The normalized spacial score (nSPS) is 16.6. The number of oxime groups is 1. The van der Waals surface area contributed by atoms with Crippen molar-refractivity contribution in [3.8, 4) is 17.1 Å². The average Bonchev–Trinajstić information content (AvgIpc) is 2.97. The second kappa shape index (κ2) is 13.3. The highest BCUT2D eigenvalue weighted by Crippen LogP contribution is 2.38. The topological polar surface area (TPSA) is 143 Å². The fourth-order valence-corrected chi connectivity index (χ4v) is 6.02. The number of aromatic nitrogens is 3. The Morgan fingerprint density at radius 1 is 1.18 bits per heavy atom. The van der Waals surface area contributed by atoms with Gasteiger partial charge in [-0.2, -0.15) is 0 Å². The molecule has 0 bridgehead atoms. The maximum Gasteiger partial charge on any atom is 0.333 e. The number of anilines is 1. The van der Waals surface area contributed by atoms with Crippen LogP contribution < -0.4 is 15.8 Å². The molecule has 0 radical (unpaired) electrons. The van der Waals surface area contributed by atoms with E-state index in [1.807, 2.05) is 6.92 Å². The molecule has 1 aromatic carbocycles. The van der Waals surface area contributed by atoms with Gasteiger partial charge in [0, 0.05) is 24.5 Å². The maximum absolute atomic E-state index is 14.5. The summed E-state index contributed by atoms with van der Waals surface area (Å²) in [4.78, 5) is 31.7. The van der Waals surface area contributed by atoms with Crippen molar-refractivity contribution in [2.45, 2.75) is 70.8 Å². The quantitative estimate of drug-likeness (QED) is 0.135. The number of carbonyl (C=O) groups excluding carboxylic acids is 1.